The number of rotatable bonds is 15. The molecule has 0 atom stereocenters. The number of piperazine rings is 1. The Morgan fingerprint density at radius 3 is 2.38 bits per heavy atom. The Balaban J connectivity index is 0.797. The van der Waals surface area contributed by atoms with Crippen LogP contribution in [-0.4, -0.2) is 88.6 Å². The van der Waals surface area contributed by atoms with Gasteiger partial charge in [0.15, 0.2) is 0 Å². The molecule has 2 N–H and O–H groups in total. The average Bonchev–Trinajstić information content (AvgIpc) is 3.76. The van der Waals surface area contributed by atoms with Crippen LogP contribution in [0, 0.1) is 11.6 Å². The third-order valence-corrected chi connectivity index (χ3v) is 11.3. The third-order valence-electron chi connectivity index (χ3n) is 11.1. The van der Waals surface area contributed by atoms with Crippen molar-refractivity contribution in [2.75, 3.05) is 52.5 Å². The van der Waals surface area contributed by atoms with Gasteiger partial charge in [-0.1, -0.05) is 67.1 Å². The molecule has 10 nitrogen and oxygen atoms in total. The van der Waals surface area contributed by atoms with E-state index in [1.807, 2.05) is 55.5 Å². The number of nitrogens with zero attached hydrogens (tertiary/aromatic N) is 4. The van der Waals surface area contributed by atoms with Gasteiger partial charge in [-0.2, -0.15) is 10.2 Å². The molecule has 0 radical (unpaired) electrons. The van der Waals surface area contributed by atoms with E-state index in [4.69, 9.17) is 21.1 Å². The summed E-state index contributed by atoms with van der Waals surface area (Å²) < 4.78 is 42.2. The van der Waals surface area contributed by atoms with Crippen LogP contribution in [0.5, 0.6) is 5.75 Å². The van der Waals surface area contributed by atoms with Gasteiger partial charge in [0.1, 0.15) is 17.4 Å². The number of aromatic amines is 2. The van der Waals surface area contributed by atoms with E-state index in [1.54, 1.807) is 47.5 Å². The normalized spacial score (nSPS) is 13.8. The summed E-state index contributed by atoms with van der Waals surface area (Å²) in [6, 6.07) is 30.5. The molecule has 13 heteroatoms. The summed E-state index contributed by atoms with van der Waals surface area (Å²) in [4.78, 5) is 29.6. The molecule has 1 saturated heterocycles. The van der Waals surface area contributed by atoms with Crippen molar-refractivity contribution >= 4 is 50.3 Å². The van der Waals surface area contributed by atoms with E-state index < -0.39 is 5.82 Å². The standard InChI is InChI=1S/C48H45ClF2N6O4/c1-2-37(38-15-12-35(49)29-43(38)51)46(33-11-17-44-34(28-33)30-52-53-44)32-9-13-36(14-10-32)61-24-5-23-60-25-22-56-18-20-57(21-19-56)48(59)41-26-31(8-16-42(41)50)27-45-39-6-3-4-7-40(39)47(58)55-54-45/h3-4,6-17,26,28-30H,2,5,18-25,27H2,1H3,(H,52,53)(H,55,58)/b46-37+. The van der Waals surface area contributed by atoms with Gasteiger partial charge in [-0.15, -0.1) is 0 Å². The molecule has 7 aromatic rings. The van der Waals surface area contributed by atoms with Crippen LogP contribution < -0.4 is 10.3 Å². The Morgan fingerprint density at radius 2 is 1.59 bits per heavy atom. The number of H-pyrrole nitrogens is 2. The van der Waals surface area contributed by atoms with Crippen LogP contribution in [0.15, 0.2) is 114 Å². The number of amides is 1. The molecule has 0 spiro atoms. The summed E-state index contributed by atoms with van der Waals surface area (Å²) in [7, 11) is 0. The lowest BCUT2D eigenvalue weighted by Gasteiger charge is -2.34. The molecule has 312 valence electrons. The number of aromatic nitrogens is 4. The van der Waals surface area contributed by atoms with Crippen LogP contribution in [0.25, 0.3) is 32.8 Å². The van der Waals surface area contributed by atoms with E-state index in [0.717, 1.165) is 56.4 Å². The first kappa shape index (κ1) is 41.5. The number of halogens is 3. The SMILES string of the molecule is CC/C(=C(/c1ccc(OCCCOCCN2CCN(C(=O)c3cc(Cc4n[nH]c(=O)c5ccccc45)ccc3F)CC2)cc1)c1ccc2[nH]ncc2c1)c1ccc(Cl)cc1F. The van der Waals surface area contributed by atoms with Gasteiger partial charge in [0, 0.05) is 73.5 Å². The van der Waals surface area contributed by atoms with Crippen molar-refractivity contribution in [2.45, 2.75) is 26.2 Å². The van der Waals surface area contributed by atoms with Crippen molar-refractivity contribution in [3.05, 3.63) is 170 Å². The van der Waals surface area contributed by atoms with Crippen molar-refractivity contribution in [1.82, 2.24) is 30.2 Å². The zero-order valence-electron chi connectivity index (χ0n) is 33.7. The molecule has 0 bridgehead atoms. The van der Waals surface area contributed by atoms with Crippen LogP contribution in [0.4, 0.5) is 8.78 Å². The predicted molar refractivity (Wildman–Crippen MR) is 235 cm³/mol. The highest BCUT2D eigenvalue weighted by molar-refractivity contribution is 6.30. The minimum absolute atomic E-state index is 0.0304. The molecule has 61 heavy (non-hydrogen) atoms. The van der Waals surface area contributed by atoms with Gasteiger partial charge >= 0.3 is 0 Å². The summed E-state index contributed by atoms with van der Waals surface area (Å²) in [5.41, 5.74) is 6.23. The summed E-state index contributed by atoms with van der Waals surface area (Å²) in [6.45, 7) is 6.58. The van der Waals surface area contributed by atoms with Gasteiger partial charge in [-0.3, -0.25) is 19.6 Å². The fourth-order valence-electron chi connectivity index (χ4n) is 7.90. The largest absolute Gasteiger partial charge is 0.494 e. The zero-order valence-corrected chi connectivity index (χ0v) is 34.5. The summed E-state index contributed by atoms with van der Waals surface area (Å²) in [5.74, 6) is -0.549. The Hall–Kier alpha value is -6.21. The van der Waals surface area contributed by atoms with Crippen molar-refractivity contribution in [3.63, 3.8) is 0 Å². The number of allylic oxidation sites excluding steroid dienone is 1. The summed E-state index contributed by atoms with van der Waals surface area (Å²) in [6.07, 6.45) is 3.42. The first-order chi connectivity index (χ1) is 29.7. The smallest absolute Gasteiger partial charge is 0.272 e. The number of ether oxygens (including phenoxy) is 2. The fraction of sp³-hybridized carbons (Fsp3) is 0.250. The number of nitrogens with one attached hydrogen (secondary N) is 2. The molecule has 1 amide bonds. The number of carbonyl (C=O) groups excluding carboxylic acids is 1. The summed E-state index contributed by atoms with van der Waals surface area (Å²) >= 11 is 6.11. The van der Waals surface area contributed by atoms with Crippen LogP contribution in [-0.2, 0) is 11.2 Å². The van der Waals surface area contributed by atoms with Crippen molar-refractivity contribution in [2.24, 2.45) is 0 Å². The Kier molecular flexibility index (Phi) is 12.9. The monoisotopic (exact) mass is 842 g/mol. The highest BCUT2D eigenvalue weighted by Gasteiger charge is 2.25. The van der Waals surface area contributed by atoms with Crippen LogP contribution in [0.2, 0.25) is 5.02 Å². The zero-order chi connectivity index (χ0) is 42.3. The third kappa shape index (κ3) is 9.57. The molecule has 5 aromatic carbocycles. The van der Waals surface area contributed by atoms with Crippen molar-refractivity contribution in [3.8, 4) is 5.75 Å². The first-order valence-electron chi connectivity index (χ1n) is 20.4. The first-order valence-corrected chi connectivity index (χ1v) is 20.8. The molecule has 2 aromatic heterocycles. The topological polar surface area (TPSA) is 116 Å². The number of hydrogen-bond acceptors (Lipinski definition) is 7. The second-order valence-electron chi connectivity index (χ2n) is 15.0. The van der Waals surface area contributed by atoms with Gasteiger partial charge in [-0.25, -0.2) is 13.9 Å². The maximum atomic E-state index is 15.3. The molecule has 1 aliphatic heterocycles. The maximum absolute atomic E-state index is 15.3. The second kappa shape index (κ2) is 19.0. The Labute approximate surface area is 356 Å². The van der Waals surface area contributed by atoms with Crippen LogP contribution in [0.1, 0.15) is 58.1 Å². The lowest BCUT2D eigenvalue weighted by Crippen LogP contribution is -2.49. The van der Waals surface area contributed by atoms with Crippen molar-refractivity contribution in [1.29, 1.82) is 0 Å². The second-order valence-corrected chi connectivity index (χ2v) is 15.4. The Bertz CT molecular complexity index is 2760. The van der Waals surface area contributed by atoms with Gasteiger partial charge in [0.05, 0.1) is 41.6 Å². The Morgan fingerprint density at radius 1 is 0.803 bits per heavy atom. The van der Waals surface area contributed by atoms with E-state index in [9.17, 15) is 14.0 Å². The van der Waals surface area contributed by atoms with E-state index in [-0.39, 0.29) is 22.8 Å². The molecular formula is C48H45ClF2N6O4. The highest BCUT2D eigenvalue weighted by atomic mass is 35.5. The highest BCUT2D eigenvalue weighted by Crippen LogP contribution is 2.37. The quantitative estimate of drug-likeness (QED) is 0.0783. The van der Waals surface area contributed by atoms with Gasteiger partial charge in [0.2, 0.25) is 0 Å². The molecule has 1 aliphatic rings. The number of carbonyl (C=O) groups is 1. The van der Waals surface area contributed by atoms with E-state index in [0.29, 0.717) is 86.9 Å². The molecule has 8 rings (SSSR count). The summed E-state index contributed by atoms with van der Waals surface area (Å²) in [5, 5.41) is 16.5. The molecule has 1 fully saturated rings. The van der Waals surface area contributed by atoms with Crippen LogP contribution >= 0.6 is 11.6 Å². The maximum Gasteiger partial charge on any atom is 0.272 e. The molecular weight excluding hydrogens is 798 g/mol. The van der Waals surface area contributed by atoms with Crippen LogP contribution in [0.3, 0.4) is 0 Å². The van der Waals surface area contributed by atoms with Gasteiger partial charge in [-0.05, 0) is 88.9 Å². The minimum atomic E-state index is -0.565. The number of hydrogen-bond donors (Lipinski definition) is 2. The van der Waals surface area contributed by atoms with Crippen molar-refractivity contribution < 1.29 is 23.0 Å². The average molecular weight is 843 g/mol. The minimum Gasteiger partial charge on any atom is -0.494 e. The lowest BCUT2D eigenvalue weighted by molar-refractivity contribution is 0.0535. The number of benzene rings is 5. The van der Waals surface area contributed by atoms with E-state index in [1.165, 1.54) is 12.1 Å². The van der Waals surface area contributed by atoms with E-state index in [2.05, 4.69) is 31.4 Å². The van der Waals surface area contributed by atoms with Gasteiger partial charge < -0.3 is 14.4 Å². The molecule has 0 saturated carbocycles. The molecule has 0 aliphatic carbocycles. The molecule has 3 heterocycles. The number of fused-ring (bicyclic) bond motifs is 2. The predicted octanol–water partition coefficient (Wildman–Crippen LogP) is 8.93. The lowest BCUT2D eigenvalue weighted by atomic mass is 9.87. The van der Waals surface area contributed by atoms with Gasteiger partial charge in [0.25, 0.3) is 11.5 Å². The van der Waals surface area contributed by atoms with E-state index >= 15 is 4.39 Å². The fourth-order valence-corrected chi connectivity index (χ4v) is 8.06. The molecule has 0 unspecified atom stereocenters.